The molecule has 0 aromatic heterocycles. The number of esters is 1. The van der Waals surface area contributed by atoms with E-state index in [9.17, 15) is 9.59 Å². The molecule has 34 heavy (non-hydrogen) atoms. The molecule has 1 saturated carbocycles. The lowest BCUT2D eigenvalue weighted by atomic mass is 9.85. The molecule has 0 spiro atoms. The van der Waals surface area contributed by atoms with Gasteiger partial charge in [0.25, 0.3) is 5.91 Å². The number of aryl methyl sites for hydroxylation is 1. The summed E-state index contributed by atoms with van der Waals surface area (Å²) >= 11 is 0. The van der Waals surface area contributed by atoms with E-state index in [1.165, 1.54) is 7.11 Å². The van der Waals surface area contributed by atoms with Gasteiger partial charge in [0, 0.05) is 31.5 Å². The third-order valence-corrected chi connectivity index (χ3v) is 6.68. The Morgan fingerprint density at radius 3 is 2.24 bits per heavy atom. The molecule has 2 aliphatic rings. The fraction of sp³-hybridized carbons (Fsp3) is 0.464. The average Bonchev–Trinajstić information content (AvgIpc) is 3.74. The molecule has 0 atom stereocenters. The summed E-state index contributed by atoms with van der Waals surface area (Å²) in [5, 5.41) is 8.95. The predicted octanol–water partition coefficient (Wildman–Crippen LogP) is 5.91. The maximum absolute atomic E-state index is 15.6. The lowest BCUT2D eigenvalue weighted by Crippen LogP contribution is -2.43. The summed E-state index contributed by atoms with van der Waals surface area (Å²) in [6.07, 6.45) is 3.14. The molecule has 0 radical (unpaired) electrons. The molecule has 0 unspecified atom stereocenters. The topological polar surface area (TPSA) is 70.4 Å². The normalized spacial score (nSPS) is 16.6. The number of benzene rings is 2. The molecule has 1 aliphatic heterocycles. The van der Waals surface area contributed by atoms with Crippen LogP contribution in [0.15, 0.2) is 36.4 Å². The molecular formula is C28H33FN2O3. The van der Waals surface area contributed by atoms with Crippen LogP contribution in [-0.4, -0.2) is 37.0 Å². The molecule has 2 fully saturated rings. The fourth-order valence-corrected chi connectivity index (χ4v) is 4.54. The molecule has 1 heterocycles. The van der Waals surface area contributed by atoms with Crippen LogP contribution in [0, 0.1) is 11.3 Å². The number of nitrogens with zero attached hydrogens (tertiary/aromatic N) is 2. The van der Waals surface area contributed by atoms with Gasteiger partial charge in [-0.15, -0.1) is 0 Å². The monoisotopic (exact) mass is 464 g/mol. The summed E-state index contributed by atoms with van der Waals surface area (Å²) in [7, 11) is 1.35. The molecule has 6 heteroatoms. The molecule has 1 aliphatic carbocycles. The standard InChI is InChI=1S/C26H27FN2O3.C2H6/c1-3-18-14-21(19-6-7-19)23(25(31)32-2)15-22(18)24(30)29-12-10-26(27,11-13-29)20-8-4-17(16-28)5-9-20;1-2/h4-5,8-9,14-15,19H,3,6-7,10-13H2,1-2H3;1-2H3. The number of nitriles is 1. The number of carbonyl (C=O) groups is 2. The Morgan fingerprint density at radius 2 is 1.74 bits per heavy atom. The van der Waals surface area contributed by atoms with Crippen LogP contribution in [0.1, 0.15) is 95.3 Å². The summed E-state index contributed by atoms with van der Waals surface area (Å²) in [4.78, 5) is 27.4. The van der Waals surface area contributed by atoms with Crippen molar-refractivity contribution < 1.29 is 18.7 Å². The highest BCUT2D eigenvalue weighted by Gasteiger charge is 2.38. The molecule has 1 saturated heterocycles. The zero-order chi connectivity index (χ0) is 24.9. The Bertz CT molecular complexity index is 1080. The summed E-state index contributed by atoms with van der Waals surface area (Å²) < 4.78 is 20.6. The van der Waals surface area contributed by atoms with Crippen LogP contribution in [0.2, 0.25) is 0 Å². The number of rotatable bonds is 5. The van der Waals surface area contributed by atoms with E-state index in [4.69, 9.17) is 10.00 Å². The number of piperidine rings is 1. The minimum Gasteiger partial charge on any atom is -0.465 e. The summed E-state index contributed by atoms with van der Waals surface area (Å²) in [6, 6.07) is 12.3. The number of halogens is 1. The van der Waals surface area contributed by atoms with E-state index < -0.39 is 11.6 Å². The highest BCUT2D eigenvalue weighted by Crippen LogP contribution is 2.43. The van der Waals surface area contributed by atoms with Crippen molar-refractivity contribution in [2.24, 2.45) is 0 Å². The van der Waals surface area contributed by atoms with E-state index in [1.54, 1.807) is 35.2 Å². The number of likely N-dealkylation sites (tertiary alicyclic amines) is 1. The summed E-state index contributed by atoms with van der Waals surface area (Å²) in [5.74, 6) is -0.241. The number of hydrogen-bond donors (Lipinski definition) is 0. The molecule has 1 amide bonds. The molecule has 2 aromatic rings. The Labute approximate surface area is 201 Å². The number of alkyl halides is 1. The number of ether oxygens (including phenoxy) is 1. The van der Waals surface area contributed by atoms with Crippen molar-refractivity contribution in [2.75, 3.05) is 20.2 Å². The van der Waals surface area contributed by atoms with E-state index in [1.807, 2.05) is 32.9 Å². The van der Waals surface area contributed by atoms with Crippen LogP contribution in [-0.2, 0) is 16.8 Å². The Morgan fingerprint density at radius 1 is 1.12 bits per heavy atom. The highest BCUT2D eigenvalue weighted by molar-refractivity contribution is 6.00. The maximum atomic E-state index is 15.6. The van der Waals surface area contributed by atoms with Gasteiger partial charge in [-0.1, -0.05) is 39.0 Å². The maximum Gasteiger partial charge on any atom is 0.338 e. The fourth-order valence-electron chi connectivity index (χ4n) is 4.54. The van der Waals surface area contributed by atoms with E-state index in [0.717, 1.165) is 24.0 Å². The van der Waals surface area contributed by atoms with Crippen LogP contribution >= 0.6 is 0 Å². The van der Waals surface area contributed by atoms with Gasteiger partial charge in [0.2, 0.25) is 0 Å². The summed E-state index contributed by atoms with van der Waals surface area (Å²) in [6.45, 7) is 6.57. The van der Waals surface area contributed by atoms with E-state index in [2.05, 4.69) is 0 Å². The Hall–Kier alpha value is -3.20. The first-order valence-corrected chi connectivity index (χ1v) is 12.1. The van der Waals surface area contributed by atoms with Crippen LogP contribution in [0.4, 0.5) is 4.39 Å². The van der Waals surface area contributed by atoms with Gasteiger partial charge in [-0.3, -0.25) is 4.79 Å². The van der Waals surface area contributed by atoms with Gasteiger partial charge in [-0.05, 0) is 60.1 Å². The zero-order valence-electron chi connectivity index (χ0n) is 20.5. The second-order valence-corrected chi connectivity index (χ2v) is 8.66. The lowest BCUT2D eigenvalue weighted by Gasteiger charge is -2.37. The molecule has 0 bridgehead atoms. The molecule has 180 valence electrons. The smallest absolute Gasteiger partial charge is 0.338 e. The van der Waals surface area contributed by atoms with Crippen LogP contribution < -0.4 is 0 Å². The summed E-state index contributed by atoms with van der Waals surface area (Å²) in [5.41, 5.74) is 2.35. The number of hydrogen-bond acceptors (Lipinski definition) is 4. The van der Waals surface area contributed by atoms with Gasteiger partial charge in [0.15, 0.2) is 0 Å². The van der Waals surface area contributed by atoms with Gasteiger partial charge >= 0.3 is 5.97 Å². The predicted molar refractivity (Wildman–Crippen MR) is 130 cm³/mol. The second-order valence-electron chi connectivity index (χ2n) is 8.66. The first-order valence-electron chi connectivity index (χ1n) is 12.1. The van der Waals surface area contributed by atoms with Gasteiger partial charge in [0.1, 0.15) is 5.67 Å². The van der Waals surface area contributed by atoms with Crippen LogP contribution in [0.3, 0.4) is 0 Å². The SMILES string of the molecule is CC.CCc1cc(C2CC2)c(C(=O)OC)cc1C(=O)N1CCC(F)(c2ccc(C#N)cc2)CC1. The van der Waals surface area contributed by atoms with E-state index >= 15 is 4.39 Å². The van der Waals surface area contributed by atoms with Gasteiger partial charge in [-0.25, -0.2) is 9.18 Å². The molecule has 4 rings (SSSR count). The quantitative estimate of drug-likeness (QED) is 0.516. The van der Waals surface area contributed by atoms with Crippen LogP contribution in [0.5, 0.6) is 0 Å². The van der Waals surface area contributed by atoms with Crippen molar-refractivity contribution >= 4 is 11.9 Å². The minimum absolute atomic E-state index is 0.170. The second kappa shape index (κ2) is 10.8. The van der Waals surface area contributed by atoms with Crippen LogP contribution in [0.25, 0.3) is 0 Å². The van der Waals surface area contributed by atoms with Gasteiger partial charge in [-0.2, -0.15) is 5.26 Å². The van der Waals surface area contributed by atoms with Gasteiger partial charge in [0.05, 0.1) is 24.3 Å². The zero-order valence-corrected chi connectivity index (χ0v) is 20.5. The van der Waals surface area contributed by atoms with Gasteiger partial charge < -0.3 is 9.64 Å². The van der Waals surface area contributed by atoms with Crippen molar-refractivity contribution in [1.29, 1.82) is 5.26 Å². The molecular weight excluding hydrogens is 431 g/mol. The largest absolute Gasteiger partial charge is 0.465 e. The van der Waals surface area contributed by atoms with E-state index in [0.29, 0.717) is 34.6 Å². The first kappa shape index (κ1) is 25.4. The van der Waals surface area contributed by atoms with E-state index in [-0.39, 0.29) is 31.8 Å². The number of amides is 1. The minimum atomic E-state index is -1.52. The molecule has 0 N–H and O–H groups in total. The lowest BCUT2D eigenvalue weighted by molar-refractivity contribution is 0.0420. The number of methoxy groups -OCH3 is 1. The molecule has 5 nitrogen and oxygen atoms in total. The molecule has 2 aromatic carbocycles. The number of carbonyl (C=O) groups excluding carboxylic acids is 2. The third-order valence-electron chi connectivity index (χ3n) is 6.68. The Kier molecular flexibility index (Phi) is 8.09. The first-order chi connectivity index (χ1) is 16.4. The van der Waals surface area contributed by atoms with Crippen molar-refractivity contribution in [3.8, 4) is 6.07 Å². The van der Waals surface area contributed by atoms with Crippen molar-refractivity contribution in [3.05, 3.63) is 69.8 Å². The third kappa shape index (κ3) is 5.14. The van der Waals surface area contributed by atoms with Crippen molar-refractivity contribution in [2.45, 2.75) is 64.5 Å². The van der Waals surface area contributed by atoms with Crippen molar-refractivity contribution in [1.82, 2.24) is 4.90 Å². The highest BCUT2D eigenvalue weighted by atomic mass is 19.1. The Balaban J connectivity index is 0.00000158. The van der Waals surface area contributed by atoms with Crippen molar-refractivity contribution in [3.63, 3.8) is 0 Å². The average molecular weight is 465 g/mol.